The fourth-order valence-electron chi connectivity index (χ4n) is 2.15. The van der Waals surface area contributed by atoms with Gasteiger partial charge in [0.2, 0.25) is 5.91 Å². The molecule has 1 aromatic rings. The zero-order valence-corrected chi connectivity index (χ0v) is 10.2. The molecule has 1 aromatic carbocycles. The van der Waals surface area contributed by atoms with Gasteiger partial charge in [0.25, 0.3) is 0 Å². The maximum absolute atomic E-state index is 12.2. The van der Waals surface area contributed by atoms with Crippen LogP contribution in [0.1, 0.15) is 19.8 Å². The minimum Gasteiger partial charge on any atom is -0.310 e. The Labute approximate surface area is 100 Å². The third-order valence-electron chi connectivity index (χ3n) is 3.12. The Morgan fingerprint density at radius 3 is 2.88 bits per heavy atom. The molecule has 84 valence electrons. The summed E-state index contributed by atoms with van der Waals surface area (Å²) in [5.74, 6) is 0.642. The van der Waals surface area contributed by atoms with Crippen LogP contribution in [-0.2, 0) is 4.79 Å². The molecule has 3 heteroatoms. The Kier molecular flexibility index (Phi) is 2.43. The number of amides is 1. The average Bonchev–Trinajstić information content (AvgIpc) is 3.10. The van der Waals surface area contributed by atoms with Gasteiger partial charge >= 0.3 is 0 Å². The van der Waals surface area contributed by atoms with Gasteiger partial charge in [-0.3, -0.25) is 4.79 Å². The second-order valence-electron chi connectivity index (χ2n) is 4.62. The quantitative estimate of drug-likeness (QED) is 0.743. The Balaban J connectivity index is 1.96. The summed E-state index contributed by atoms with van der Waals surface area (Å²) in [6.45, 7) is 3.05. The summed E-state index contributed by atoms with van der Waals surface area (Å²) < 4.78 is 0. The highest BCUT2D eigenvalue weighted by molar-refractivity contribution is 8.00. The number of carbonyl (C=O) groups excluding carboxylic acids is 1. The Bertz CT molecular complexity index is 428. The van der Waals surface area contributed by atoms with Gasteiger partial charge in [0.05, 0.1) is 5.69 Å². The summed E-state index contributed by atoms with van der Waals surface area (Å²) >= 11 is 1.87. The van der Waals surface area contributed by atoms with Crippen molar-refractivity contribution in [2.75, 3.05) is 11.4 Å². The Morgan fingerprint density at radius 2 is 2.12 bits per heavy atom. The first-order valence-electron chi connectivity index (χ1n) is 5.83. The van der Waals surface area contributed by atoms with Crippen LogP contribution in [0, 0.1) is 5.92 Å². The lowest BCUT2D eigenvalue weighted by Gasteiger charge is -2.32. The van der Waals surface area contributed by atoms with Crippen molar-refractivity contribution in [2.24, 2.45) is 5.92 Å². The molecule has 0 N–H and O–H groups in total. The van der Waals surface area contributed by atoms with Gasteiger partial charge in [0.15, 0.2) is 0 Å². The normalized spacial score (nSPS) is 24.1. The topological polar surface area (TPSA) is 20.3 Å². The Hall–Kier alpha value is -0.960. The molecule has 16 heavy (non-hydrogen) atoms. The van der Waals surface area contributed by atoms with Crippen LogP contribution in [0.2, 0.25) is 0 Å². The highest BCUT2D eigenvalue weighted by Crippen LogP contribution is 2.41. The van der Waals surface area contributed by atoms with Gasteiger partial charge in [-0.15, -0.1) is 11.8 Å². The summed E-state index contributed by atoms with van der Waals surface area (Å²) in [5, 5.41) is 0.498. The maximum Gasteiger partial charge on any atom is 0.230 e. The molecule has 0 aromatic heterocycles. The van der Waals surface area contributed by atoms with Crippen LogP contribution in [0.5, 0.6) is 0 Å². The largest absolute Gasteiger partial charge is 0.310 e. The van der Waals surface area contributed by atoms with E-state index in [1.165, 1.54) is 4.90 Å². The highest BCUT2D eigenvalue weighted by atomic mass is 32.2. The monoisotopic (exact) mass is 233 g/mol. The molecule has 1 saturated carbocycles. The van der Waals surface area contributed by atoms with Gasteiger partial charge < -0.3 is 4.90 Å². The van der Waals surface area contributed by atoms with Crippen LogP contribution in [0.3, 0.4) is 0 Å². The minimum absolute atomic E-state index is 0.309. The van der Waals surface area contributed by atoms with Gasteiger partial charge in [-0.2, -0.15) is 0 Å². The second kappa shape index (κ2) is 3.81. The summed E-state index contributed by atoms with van der Waals surface area (Å²) in [7, 11) is 0. The number of fused-ring (bicyclic) bond motifs is 1. The van der Waals surface area contributed by atoms with E-state index in [4.69, 9.17) is 0 Å². The van der Waals surface area contributed by atoms with Crippen molar-refractivity contribution in [3.8, 4) is 0 Å². The third kappa shape index (κ3) is 1.73. The summed E-state index contributed by atoms with van der Waals surface area (Å²) in [4.78, 5) is 15.4. The molecule has 1 aliphatic carbocycles. The van der Waals surface area contributed by atoms with E-state index in [2.05, 4.69) is 19.1 Å². The van der Waals surface area contributed by atoms with Gasteiger partial charge in [0, 0.05) is 22.6 Å². The van der Waals surface area contributed by atoms with E-state index >= 15 is 0 Å². The molecule has 1 atom stereocenters. The van der Waals surface area contributed by atoms with Crippen molar-refractivity contribution >= 4 is 23.4 Å². The van der Waals surface area contributed by atoms with Crippen LogP contribution in [0.4, 0.5) is 5.69 Å². The summed E-state index contributed by atoms with van der Waals surface area (Å²) in [6.07, 6.45) is 2.16. The van der Waals surface area contributed by atoms with Crippen LogP contribution < -0.4 is 4.90 Å². The van der Waals surface area contributed by atoms with Crippen LogP contribution in [-0.4, -0.2) is 17.7 Å². The molecule has 3 rings (SSSR count). The molecule has 1 aliphatic heterocycles. The zero-order valence-electron chi connectivity index (χ0n) is 9.35. The lowest BCUT2D eigenvalue weighted by atomic mass is 10.2. The molecule has 2 nitrogen and oxygen atoms in total. The van der Waals surface area contributed by atoms with E-state index in [0.29, 0.717) is 17.1 Å². The van der Waals surface area contributed by atoms with E-state index in [-0.39, 0.29) is 0 Å². The number of thioether (sulfide) groups is 1. The van der Waals surface area contributed by atoms with E-state index < -0.39 is 0 Å². The zero-order chi connectivity index (χ0) is 11.1. The van der Waals surface area contributed by atoms with Crippen molar-refractivity contribution in [1.82, 2.24) is 0 Å². The number of hydrogen-bond acceptors (Lipinski definition) is 2. The molecular weight excluding hydrogens is 218 g/mol. The molecule has 1 amide bonds. The fraction of sp³-hybridized carbons (Fsp3) is 0.462. The predicted molar refractivity (Wildman–Crippen MR) is 66.8 cm³/mol. The van der Waals surface area contributed by atoms with Crippen LogP contribution >= 0.6 is 11.8 Å². The lowest BCUT2D eigenvalue weighted by molar-refractivity contribution is -0.119. The van der Waals surface area contributed by atoms with Gasteiger partial charge in [-0.05, 0) is 25.0 Å². The SMILES string of the molecule is CC1CN(C(=O)C2CC2)c2ccccc2S1. The van der Waals surface area contributed by atoms with Crippen molar-refractivity contribution in [2.45, 2.75) is 29.9 Å². The predicted octanol–water partition coefficient (Wildman–Crippen LogP) is 2.92. The van der Waals surface area contributed by atoms with E-state index in [1.54, 1.807) is 0 Å². The smallest absolute Gasteiger partial charge is 0.230 e. The minimum atomic E-state index is 0.309. The number of anilines is 1. The molecule has 0 radical (unpaired) electrons. The molecule has 0 saturated heterocycles. The van der Waals surface area contributed by atoms with Crippen molar-refractivity contribution in [1.29, 1.82) is 0 Å². The molecule has 1 unspecified atom stereocenters. The first-order chi connectivity index (χ1) is 7.75. The first-order valence-corrected chi connectivity index (χ1v) is 6.71. The highest BCUT2D eigenvalue weighted by Gasteiger charge is 2.36. The van der Waals surface area contributed by atoms with Crippen LogP contribution in [0.25, 0.3) is 0 Å². The third-order valence-corrected chi connectivity index (χ3v) is 4.27. The molecule has 0 bridgehead atoms. The number of carbonyl (C=O) groups is 1. The molecule has 1 fully saturated rings. The second-order valence-corrected chi connectivity index (χ2v) is 6.10. The van der Waals surface area contributed by atoms with Crippen molar-refractivity contribution in [3.05, 3.63) is 24.3 Å². The number of nitrogens with zero attached hydrogens (tertiary/aromatic N) is 1. The molecular formula is C13H15NOS. The fourth-order valence-corrected chi connectivity index (χ4v) is 3.26. The number of benzene rings is 1. The van der Waals surface area contributed by atoms with E-state index in [9.17, 15) is 4.79 Å². The molecule has 2 aliphatic rings. The van der Waals surface area contributed by atoms with Gasteiger partial charge in [0.1, 0.15) is 0 Å². The number of rotatable bonds is 1. The molecule has 1 heterocycles. The van der Waals surface area contributed by atoms with E-state index in [1.807, 2.05) is 28.8 Å². The number of hydrogen-bond donors (Lipinski definition) is 0. The standard InChI is InChI=1S/C13H15NOS/c1-9-8-14(13(15)10-6-7-10)11-4-2-3-5-12(11)16-9/h2-5,9-10H,6-8H2,1H3. The number of para-hydroxylation sites is 1. The van der Waals surface area contributed by atoms with Crippen molar-refractivity contribution in [3.63, 3.8) is 0 Å². The van der Waals surface area contributed by atoms with Crippen molar-refractivity contribution < 1.29 is 4.79 Å². The Morgan fingerprint density at radius 1 is 1.38 bits per heavy atom. The average molecular weight is 233 g/mol. The van der Waals surface area contributed by atoms with Crippen LogP contribution in [0.15, 0.2) is 29.2 Å². The van der Waals surface area contributed by atoms with Gasteiger partial charge in [-0.1, -0.05) is 19.1 Å². The van der Waals surface area contributed by atoms with Gasteiger partial charge in [-0.25, -0.2) is 0 Å². The lowest BCUT2D eigenvalue weighted by Crippen LogP contribution is -2.39. The van der Waals surface area contributed by atoms with E-state index in [0.717, 1.165) is 25.1 Å². The molecule has 0 spiro atoms. The summed E-state index contributed by atoms with van der Waals surface area (Å²) in [6, 6.07) is 8.24. The summed E-state index contributed by atoms with van der Waals surface area (Å²) in [5.41, 5.74) is 1.11. The maximum atomic E-state index is 12.2. The first kappa shape index (κ1) is 10.2.